The monoisotopic (exact) mass is 588 g/mol. The molecule has 182 valence electrons. The van der Waals surface area contributed by atoms with Gasteiger partial charge in [-0.1, -0.05) is 0 Å². The van der Waals surface area contributed by atoms with Crippen LogP contribution >= 0.6 is 22.6 Å². The van der Waals surface area contributed by atoms with E-state index < -0.39 is 12.0 Å². The molecule has 0 bridgehead atoms. The molecule has 0 spiro atoms. The van der Waals surface area contributed by atoms with Gasteiger partial charge in [0.25, 0.3) is 17.9 Å². The topological polar surface area (TPSA) is 48.5 Å². The molecule has 5 nitrogen and oxygen atoms in total. The van der Waals surface area contributed by atoms with Gasteiger partial charge in [0.15, 0.2) is 0 Å². The summed E-state index contributed by atoms with van der Waals surface area (Å²) in [5, 5.41) is 2.84. The van der Waals surface area contributed by atoms with Gasteiger partial charge in [0.05, 0.1) is 11.3 Å². The number of amides is 1. The summed E-state index contributed by atoms with van der Waals surface area (Å²) in [5.41, 5.74) is 2.13. The molecule has 2 aromatic rings. The second kappa shape index (κ2) is 10.1. The van der Waals surface area contributed by atoms with Crippen molar-refractivity contribution < 1.29 is 22.4 Å². The van der Waals surface area contributed by atoms with Crippen LogP contribution in [0.2, 0.25) is 0 Å². The van der Waals surface area contributed by atoms with Crippen LogP contribution in [-0.4, -0.2) is 43.0 Å². The van der Waals surface area contributed by atoms with Gasteiger partial charge in [-0.2, -0.15) is 8.78 Å². The molecular formula is C24H25F4IN4O. The van der Waals surface area contributed by atoms with Gasteiger partial charge in [-0.25, -0.2) is 13.8 Å². The third-order valence-electron chi connectivity index (χ3n) is 6.20. The molecule has 0 aliphatic carbocycles. The average molecular weight is 588 g/mol. The number of benzene rings is 1. The summed E-state index contributed by atoms with van der Waals surface area (Å²) in [6.45, 7) is 3.06. The molecule has 1 aromatic carbocycles. The fourth-order valence-corrected chi connectivity index (χ4v) is 4.76. The van der Waals surface area contributed by atoms with Crippen LogP contribution in [0.5, 0.6) is 0 Å². The number of pyridine rings is 1. The van der Waals surface area contributed by atoms with Gasteiger partial charge in [0.2, 0.25) is 0 Å². The van der Waals surface area contributed by atoms with Crippen LogP contribution in [0.15, 0.2) is 42.0 Å². The summed E-state index contributed by atoms with van der Waals surface area (Å²) in [4.78, 5) is 21.5. The number of aryl methyl sites for hydroxylation is 1. The molecule has 4 rings (SSSR count). The minimum atomic E-state index is -2.65. The first kappa shape index (κ1) is 24.7. The van der Waals surface area contributed by atoms with Crippen molar-refractivity contribution in [3.05, 3.63) is 56.7 Å². The van der Waals surface area contributed by atoms with Crippen molar-refractivity contribution in [2.75, 3.05) is 41.3 Å². The lowest BCUT2D eigenvalue weighted by Gasteiger charge is -2.33. The van der Waals surface area contributed by atoms with Crippen molar-refractivity contribution >= 4 is 45.8 Å². The third kappa shape index (κ3) is 5.81. The highest BCUT2D eigenvalue weighted by Crippen LogP contribution is 2.32. The maximum Gasteiger partial charge on any atom is 0.269 e. The summed E-state index contributed by atoms with van der Waals surface area (Å²) in [6.07, 6.45) is -1.55. The van der Waals surface area contributed by atoms with Gasteiger partial charge in [0.1, 0.15) is 11.6 Å². The highest BCUT2D eigenvalue weighted by atomic mass is 127. The second-order valence-corrected chi connectivity index (χ2v) is 9.94. The predicted molar refractivity (Wildman–Crippen MR) is 133 cm³/mol. The zero-order chi connectivity index (χ0) is 24.5. The summed E-state index contributed by atoms with van der Waals surface area (Å²) in [7, 11) is 0. The number of halogens is 5. The molecule has 2 aliphatic heterocycles. The summed E-state index contributed by atoms with van der Waals surface area (Å²) >= 11 is 2.16. The minimum Gasteiger partial charge on any atom is -0.370 e. The molecule has 10 heteroatoms. The molecule has 2 fully saturated rings. The van der Waals surface area contributed by atoms with E-state index in [2.05, 4.69) is 32.9 Å². The maximum absolute atomic E-state index is 13.5. The molecule has 0 unspecified atom stereocenters. The van der Waals surface area contributed by atoms with Crippen LogP contribution in [0, 0.1) is 10.5 Å². The summed E-state index contributed by atoms with van der Waals surface area (Å²) in [5.74, 6) is -2.12. The predicted octanol–water partition coefficient (Wildman–Crippen LogP) is 6.23. The van der Waals surface area contributed by atoms with Crippen LogP contribution in [0.3, 0.4) is 0 Å². The highest BCUT2D eigenvalue weighted by molar-refractivity contribution is 14.1. The zero-order valence-electron chi connectivity index (χ0n) is 18.7. The molecule has 0 saturated carbocycles. The number of nitrogens with zero attached hydrogens (tertiary/aromatic N) is 3. The second-order valence-electron chi connectivity index (χ2n) is 8.70. The Labute approximate surface area is 209 Å². The molecule has 2 aliphatic rings. The Morgan fingerprint density at radius 2 is 1.71 bits per heavy atom. The Bertz CT molecular complexity index is 1100. The van der Waals surface area contributed by atoms with Gasteiger partial charge in [-0.15, -0.1) is 0 Å². The van der Waals surface area contributed by atoms with Crippen molar-refractivity contribution in [2.45, 2.75) is 38.5 Å². The number of alkyl halides is 2. The quantitative estimate of drug-likeness (QED) is 0.340. The summed E-state index contributed by atoms with van der Waals surface area (Å²) in [6, 6.07) is 8.96. The van der Waals surface area contributed by atoms with E-state index in [0.717, 1.165) is 9.13 Å². The van der Waals surface area contributed by atoms with E-state index in [1.807, 2.05) is 30.0 Å². The van der Waals surface area contributed by atoms with E-state index in [1.54, 1.807) is 17.0 Å². The maximum atomic E-state index is 13.5. The standard InChI is InChI=1S/C24H25F4IN4O/c1-15-12-20(30-21(13-15)33-10-6-24(27,28)7-11-33)31-23(34)18-3-2-17(29)14-19(18)32-8-4-16(5-9-32)22(25)26/h2-3,12-14H,4-11H2,1H3,(H,30,31,34). The smallest absolute Gasteiger partial charge is 0.269 e. The fraction of sp³-hybridized carbons (Fsp3) is 0.417. The molecule has 0 atom stereocenters. The lowest BCUT2D eigenvalue weighted by atomic mass is 10.0. The first-order chi connectivity index (χ1) is 16.1. The van der Waals surface area contributed by atoms with E-state index >= 15 is 0 Å². The van der Waals surface area contributed by atoms with E-state index in [9.17, 15) is 22.4 Å². The number of carbonyl (C=O) groups is 1. The molecule has 0 radical (unpaired) electrons. The largest absolute Gasteiger partial charge is 0.370 e. The van der Waals surface area contributed by atoms with E-state index in [-0.39, 0.29) is 50.3 Å². The number of carbonyl (C=O) groups excluding carboxylic acids is 1. The Balaban J connectivity index is 1.53. The Hall–Kier alpha value is -2.37. The first-order valence-electron chi connectivity index (χ1n) is 11.1. The number of hydrogen-bond donors (Lipinski definition) is 1. The third-order valence-corrected chi connectivity index (χ3v) is 6.87. The molecule has 2 saturated heterocycles. The lowest BCUT2D eigenvalue weighted by molar-refractivity contribution is -0.0221. The van der Waals surface area contributed by atoms with Crippen molar-refractivity contribution in [3.63, 3.8) is 0 Å². The van der Waals surface area contributed by atoms with E-state index in [4.69, 9.17) is 0 Å². The van der Waals surface area contributed by atoms with Crippen LogP contribution in [-0.2, 0) is 0 Å². The fourth-order valence-electron chi connectivity index (χ4n) is 4.29. The van der Waals surface area contributed by atoms with Crippen LogP contribution < -0.4 is 15.1 Å². The van der Waals surface area contributed by atoms with Crippen molar-refractivity contribution in [2.24, 2.45) is 0 Å². The van der Waals surface area contributed by atoms with E-state index in [0.29, 0.717) is 36.0 Å². The highest BCUT2D eigenvalue weighted by Gasteiger charge is 2.34. The molecule has 1 N–H and O–H groups in total. The Kier molecular flexibility index (Phi) is 7.34. The molecule has 1 amide bonds. The number of anilines is 3. The number of aromatic nitrogens is 1. The van der Waals surface area contributed by atoms with Crippen LogP contribution in [0.1, 0.15) is 41.6 Å². The Morgan fingerprint density at radius 1 is 1.03 bits per heavy atom. The Morgan fingerprint density at radius 3 is 2.35 bits per heavy atom. The van der Waals surface area contributed by atoms with E-state index in [1.165, 1.54) is 0 Å². The van der Waals surface area contributed by atoms with Gasteiger partial charge in [0, 0.05) is 42.6 Å². The SMILES string of the molecule is Cc1cc(NC(=O)c2ccc(I)cc2N2CCC(=C(F)F)CC2)nc(N2CCC(F)(F)CC2)c1. The number of nitrogens with one attached hydrogen (secondary N) is 1. The first-order valence-corrected chi connectivity index (χ1v) is 12.2. The molecule has 34 heavy (non-hydrogen) atoms. The molecule has 3 heterocycles. The van der Waals surface area contributed by atoms with Crippen molar-refractivity contribution in [1.82, 2.24) is 4.98 Å². The summed E-state index contributed by atoms with van der Waals surface area (Å²) < 4.78 is 53.9. The zero-order valence-corrected chi connectivity index (χ0v) is 20.8. The van der Waals surface area contributed by atoms with Gasteiger partial charge >= 0.3 is 0 Å². The van der Waals surface area contributed by atoms with Gasteiger partial charge < -0.3 is 15.1 Å². The van der Waals surface area contributed by atoms with Crippen LogP contribution in [0.4, 0.5) is 34.9 Å². The number of rotatable bonds is 4. The normalized spacial score (nSPS) is 18.1. The number of hydrogen-bond acceptors (Lipinski definition) is 4. The average Bonchev–Trinajstić information content (AvgIpc) is 2.78. The van der Waals surface area contributed by atoms with Gasteiger partial charge in [-0.3, -0.25) is 4.79 Å². The lowest BCUT2D eigenvalue weighted by Crippen LogP contribution is -2.39. The van der Waals surface area contributed by atoms with Crippen molar-refractivity contribution in [1.29, 1.82) is 0 Å². The van der Waals surface area contributed by atoms with Crippen molar-refractivity contribution in [3.8, 4) is 0 Å². The number of piperidine rings is 2. The minimum absolute atomic E-state index is 0.167. The van der Waals surface area contributed by atoms with Gasteiger partial charge in [-0.05, 0) is 83.8 Å². The molecular weight excluding hydrogens is 563 g/mol. The van der Waals surface area contributed by atoms with Crippen LogP contribution in [0.25, 0.3) is 0 Å². The molecule has 1 aromatic heterocycles.